The van der Waals surface area contributed by atoms with Crippen molar-refractivity contribution >= 4 is 0 Å². The molecular weight excluding hydrogens is 280 g/mol. The number of nitrogens with zero attached hydrogens (tertiary/aromatic N) is 2. The minimum Gasteiger partial charge on any atom is -0.345 e. The fraction of sp³-hybridized carbons (Fsp3) is 0.524. The molecule has 4 rings (SSSR count). The van der Waals surface area contributed by atoms with Crippen LogP contribution in [0.3, 0.4) is 0 Å². The zero-order chi connectivity index (χ0) is 16.2. The number of aryl methyl sites for hydroxylation is 1. The zero-order valence-electron chi connectivity index (χ0n) is 14.9. The van der Waals surface area contributed by atoms with E-state index in [1.54, 1.807) is 5.69 Å². The lowest BCUT2D eigenvalue weighted by atomic mass is 10.0. The van der Waals surface area contributed by atoms with E-state index in [4.69, 9.17) is 0 Å². The van der Waals surface area contributed by atoms with Crippen molar-refractivity contribution < 1.29 is 0 Å². The maximum Gasteiger partial charge on any atom is 0.0393 e. The summed E-state index contributed by atoms with van der Waals surface area (Å²) in [5, 5.41) is 0. The summed E-state index contributed by atoms with van der Waals surface area (Å²) in [7, 11) is 0. The highest BCUT2D eigenvalue weighted by molar-refractivity contribution is 5.69. The summed E-state index contributed by atoms with van der Waals surface area (Å²) in [6.07, 6.45) is 2.73. The van der Waals surface area contributed by atoms with E-state index < -0.39 is 0 Å². The van der Waals surface area contributed by atoms with E-state index in [0.717, 1.165) is 25.6 Å². The third kappa shape index (κ3) is 2.74. The number of fused-ring (bicyclic) bond motifs is 1. The molecule has 0 saturated heterocycles. The SMILES string of the molecule is Cc1ccc(-c2cc3n(c2C2CC2)CCN(C(C)(C)C)C3)cc1. The normalized spacial score (nSPS) is 19.0. The molecule has 122 valence electrons. The lowest BCUT2D eigenvalue weighted by Gasteiger charge is -2.39. The summed E-state index contributed by atoms with van der Waals surface area (Å²) in [4.78, 5) is 2.61. The van der Waals surface area contributed by atoms with Crippen molar-refractivity contribution in [1.82, 2.24) is 9.47 Å². The molecule has 0 atom stereocenters. The van der Waals surface area contributed by atoms with Crippen LogP contribution in [0, 0.1) is 6.92 Å². The molecule has 2 heteroatoms. The largest absolute Gasteiger partial charge is 0.345 e. The highest BCUT2D eigenvalue weighted by Gasteiger charge is 2.34. The monoisotopic (exact) mass is 308 g/mol. The first kappa shape index (κ1) is 15.0. The molecule has 23 heavy (non-hydrogen) atoms. The molecule has 2 aromatic rings. The third-order valence-corrected chi connectivity index (χ3v) is 5.45. The molecule has 1 saturated carbocycles. The van der Waals surface area contributed by atoms with Gasteiger partial charge < -0.3 is 4.57 Å². The molecule has 1 fully saturated rings. The second kappa shape index (κ2) is 5.24. The van der Waals surface area contributed by atoms with Crippen LogP contribution in [0.2, 0.25) is 0 Å². The summed E-state index contributed by atoms with van der Waals surface area (Å²) in [5.41, 5.74) is 7.57. The van der Waals surface area contributed by atoms with Gasteiger partial charge in [-0.25, -0.2) is 0 Å². The Hall–Kier alpha value is -1.54. The second-order valence-electron chi connectivity index (χ2n) is 8.32. The van der Waals surface area contributed by atoms with Crippen molar-refractivity contribution in [2.75, 3.05) is 6.54 Å². The first-order valence-electron chi connectivity index (χ1n) is 8.98. The summed E-state index contributed by atoms with van der Waals surface area (Å²) in [5.74, 6) is 0.793. The van der Waals surface area contributed by atoms with Gasteiger partial charge in [0, 0.05) is 42.1 Å². The van der Waals surface area contributed by atoms with E-state index in [9.17, 15) is 0 Å². The Bertz CT molecular complexity index is 712. The van der Waals surface area contributed by atoms with Gasteiger partial charge in [-0.15, -0.1) is 0 Å². The molecular formula is C21H28N2. The van der Waals surface area contributed by atoms with Gasteiger partial charge in [-0.1, -0.05) is 29.8 Å². The number of aromatic nitrogens is 1. The number of benzene rings is 1. The third-order valence-electron chi connectivity index (χ3n) is 5.45. The van der Waals surface area contributed by atoms with Crippen molar-refractivity contribution in [3.63, 3.8) is 0 Å². The van der Waals surface area contributed by atoms with E-state index in [0.29, 0.717) is 0 Å². The predicted molar refractivity (Wildman–Crippen MR) is 96.7 cm³/mol. The average Bonchev–Trinajstić information content (AvgIpc) is 3.26. The average molecular weight is 308 g/mol. The molecule has 2 heterocycles. The van der Waals surface area contributed by atoms with E-state index in [1.165, 1.54) is 35.2 Å². The number of hydrogen-bond acceptors (Lipinski definition) is 1. The van der Waals surface area contributed by atoms with E-state index in [2.05, 4.69) is 67.5 Å². The van der Waals surface area contributed by atoms with Gasteiger partial charge in [-0.2, -0.15) is 0 Å². The quantitative estimate of drug-likeness (QED) is 0.761. The van der Waals surface area contributed by atoms with E-state index in [-0.39, 0.29) is 5.54 Å². The summed E-state index contributed by atoms with van der Waals surface area (Å²) < 4.78 is 2.63. The Balaban J connectivity index is 1.76. The molecule has 0 unspecified atom stereocenters. The van der Waals surface area contributed by atoms with Crippen LogP contribution in [-0.2, 0) is 13.1 Å². The van der Waals surface area contributed by atoms with E-state index >= 15 is 0 Å². The molecule has 1 aromatic carbocycles. The van der Waals surface area contributed by atoms with Gasteiger partial charge in [-0.05, 0) is 58.1 Å². The van der Waals surface area contributed by atoms with Crippen molar-refractivity contribution in [1.29, 1.82) is 0 Å². The smallest absolute Gasteiger partial charge is 0.0393 e. The van der Waals surface area contributed by atoms with Gasteiger partial charge >= 0.3 is 0 Å². The lowest BCUT2D eigenvalue weighted by Crippen LogP contribution is -2.45. The van der Waals surface area contributed by atoms with Gasteiger partial charge in [0.05, 0.1) is 0 Å². The van der Waals surface area contributed by atoms with Crippen molar-refractivity contribution in [3.05, 3.63) is 47.3 Å². The van der Waals surface area contributed by atoms with Crippen molar-refractivity contribution in [3.8, 4) is 11.1 Å². The fourth-order valence-corrected chi connectivity index (χ4v) is 3.84. The van der Waals surface area contributed by atoms with Crippen LogP contribution in [0.5, 0.6) is 0 Å². The summed E-state index contributed by atoms with van der Waals surface area (Å²) in [6.45, 7) is 12.5. The van der Waals surface area contributed by atoms with Crippen LogP contribution in [0.1, 0.15) is 56.5 Å². The lowest BCUT2D eigenvalue weighted by molar-refractivity contribution is 0.102. The Morgan fingerprint density at radius 3 is 2.30 bits per heavy atom. The molecule has 0 N–H and O–H groups in total. The Morgan fingerprint density at radius 1 is 1.00 bits per heavy atom. The number of rotatable bonds is 2. The fourth-order valence-electron chi connectivity index (χ4n) is 3.84. The van der Waals surface area contributed by atoms with Crippen LogP contribution in [0.25, 0.3) is 11.1 Å². The highest BCUT2D eigenvalue weighted by Crippen LogP contribution is 2.46. The minimum absolute atomic E-state index is 0.249. The Morgan fingerprint density at radius 2 is 1.70 bits per heavy atom. The minimum atomic E-state index is 0.249. The van der Waals surface area contributed by atoms with Gasteiger partial charge in [0.25, 0.3) is 0 Å². The van der Waals surface area contributed by atoms with Crippen LogP contribution < -0.4 is 0 Å². The first-order valence-corrected chi connectivity index (χ1v) is 8.98. The molecule has 2 aliphatic rings. The molecule has 1 aromatic heterocycles. The predicted octanol–water partition coefficient (Wildman–Crippen LogP) is 4.96. The van der Waals surface area contributed by atoms with Crippen molar-refractivity contribution in [2.24, 2.45) is 0 Å². The molecule has 0 radical (unpaired) electrons. The molecule has 0 amide bonds. The van der Waals surface area contributed by atoms with Gasteiger partial charge in [-0.3, -0.25) is 4.90 Å². The molecule has 2 nitrogen and oxygen atoms in total. The van der Waals surface area contributed by atoms with Gasteiger partial charge in [0.1, 0.15) is 0 Å². The summed E-state index contributed by atoms with van der Waals surface area (Å²) in [6, 6.07) is 11.5. The maximum absolute atomic E-state index is 2.63. The van der Waals surface area contributed by atoms with Crippen molar-refractivity contribution in [2.45, 2.75) is 65.1 Å². The van der Waals surface area contributed by atoms with Crippen LogP contribution in [0.4, 0.5) is 0 Å². The van der Waals surface area contributed by atoms with Gasteiger partial charge in [0.2, 0.25) is 0 Å². The Kier molecular flexibility index (Phi) is 3.42. The molecule has 1 aliphatic carbocycles. The molecule has 0 bridgehead atoms. The zero-order valence-corrected chi connectivity index (χ0v) is 14.9. The van der Waals surface area contributed by atoms with Crippen LogP contribution >= 0.6 is 0 Å². The first-order chi connectivity index (χ1) is 10.9. The van der Waals surface area contributed by atoms with E-state index in [1.807, 2.05) is 0 Å². The molecule has 1 aliphatic heterocycles. The summed E-state index contributed by atoms with van der Waals surface area (Å²) >= 11 is 0. The highest BCUT2D eigenvalue weighted by atomic mass is 15.2. The number of hydrogen-bond donors (Lipinski definition) is 0. The van der Waals surface area contributed by atoms with Crippen LogP contribution in [-0.4, -0.2) is 21.6 Å². The Labute approximate surface area is 140 Å². The standard InChI is InChI=1S/C21H28N2/c1-15-5-7-16(8-6-15)19-13-18-14-22(21(2,3)4)11-12-23(18)20(19)17-9-10-17/h5-8,13,17H,9-12,14H2,1-4H3. The second-order valence-corrected chi connectivity index (χ2v) is 8.32. The van der Waals surface area contributed by atoms with Crippen LogP contribution in [0.15, 0.2) is 30.3 Å². The maximum atomic E-state index is 2.63. The molecule has 0 spiro atoms. The topological polar surface area (TPSA) is 8.17 Å². The van der Waals surface area contributed by atoms with Gasteiger partial charge in [0.15, 0.2) is 0 Å².